The molecule has 0 fully saturated rings. The predicted molar refractivity (Wildman–Crippen MR) is 175 cm³/mol. The van der Waals surface area contributed by atoms with E-state index in [0.29, 0.717) is 37.2 Å². The van der Waals surface area contributed by atoms with Crippen LogP contribution in [-0.4, -0.2) is 34.6 Å². The zero-order valence-corrected chi connectivity index (χ0v) is 25.9. The molecular formula is C38H42O6. The van der Waals surface area contributed by atoms with E-state index in [1.165, 1.54) is 14.2 Å². The number of methoxy groups -OCH3 is 2. The first kappa shape index (κ1) is 32.1. The molecule has 230 valence electrons. The van der Waals surface area contributed by atoms with Gasteiger partial charge in [0.05, 0.1) is 14.2 Å². The van der Waals surface area contributed by atoms with Gasteiger partial charge >= 0.3 is 0 Å². The van der Waals surface area contributed by atoms with Crippen LogP contribution in [0, 0.1) is 0 Å². The lowest BCUT2D eigenvalue weighted by Crippen LogP contribution is -2.31. The summed E-state index contributed by atoms with van der Waals surface area (Å²) in [5.74, 6) is 1.25. The monoisotopic (exact) mass is 594 g/mol. The first-order valence-corrected chi connectivity index (χ1v) is 14.6. The Balaban J connectivity index is 1.92. The highest BCUT2D eigenvalue weighted by Crippen LogP contribution is 2.47. The van der Waals surface area contributed by atoms with Crippen LogP contribution in [-0.2, 0) is 23.7 Å². The van der Waals surface area contributed by atoms with Crippen molar-refractivity contribution in [3.63, 3.8) is 0 Å². The van der Waals surface area contributed by atoms with E-state index in [-0.39, 0.29) is 23.0 Å². The van der Waals surface area contributed by atoms with Gasteiger partial charge in [-0.2, -0.15) is 0 Å². The van der Waals surface area contributed by atoms with Gasteiger partial charge in [-0.1, -0.05) is 62.4 Å². The number of phenolic OH excluding ortho intramolecular Hbond substituents is 4. The lowest BCUT2D eigenvalue weighted by atomic mass is 9.65. The molecule has 0 aliphatic rings. The molecule has 0 saturated heterocycles. The number of phenols is 4. The van der Waals surface area contributed by atoms with Crippen molar-refractivity contribution >= 4 is 0 Å². The minimum Gasteiger partial charge on any atom is -0.508 e. The molecule has 0 aliphatic heterocycles. The van der Waals surface area contributed by atoms with E-state index in [1.54, 1.807) is 36.4 Å². The minimum absolute atomic E-state index is 0.0457. The smallest absolute Gasteiger partial charge is 0.160 e. The van der Waals surface area contributed by atoms with Gasteiger partial charge in [0.25, 0.3) is 0 Å². The Morgan fingerprint density at radius 2 is 0.864 bits per heavy atom. The zero-order chi connectivity index (χ0) is 32.1. The Hall–Kier alpha value is -4.84. The summed E-state index contributed by atoms with van der Waals surface area (Å²) in [6, 6.07) is 22.1. The van der Waals surface area contributed by atoms with Crippen molar-refractivity contribution < 1.29 is 29.9 Å². The molecule has 4 aromatic rings. The average molecular weight is 595 g/mol. The van der Waals surface area contributed by atoms with Crippen LogP contribution in [0.1, 0.15) is 60.1 Å². The number of benzene rings is 4. The number of hydrogen-bond acceptors (Lipinski definition) is 6. The van der Waals surface area contributed by atoms with Crippen molar-refractivity contribution in [2.75, 3.05) is 14.2 Å². The number of hydrogen-bond donors (Lipinski definition) is 4. The van der Waals surface area contributed by atoms with Gasteiger partial charge < -0.3 is 29.9 Å². The lowest BCUT2D eigenvalue weighted by Gasteiger charge is -2.38. The largest absolute Gasteiger partial charge is 0.508 e. The van der Waals surface area contributed by atoms with Crippen LogP contribution in [0.5, 0.6) is 34.5 Å². The van der Waals surface area contributed by atoms with Gasteiger partial charge in [0.2, 0.25) is 0 Å². The minimum atomic E-state index is -0.620. The summed E-state index contributed by atoms with van der Waals surface area (Å²) < 4.78 is 11.0. The summed E-state index contributed by atoms with van der Waals surface area (Å²) in [4.78, 5) is 0. The molecule has 6 nitrogen and oxygen atoms in total. The molecule has 44 heavy (non-hydrogen) atoms. The van der Waals surface area contributed by atoms with Crippen LogP contribution >= 0.6 is 0 Å². The molecule has 4 rings (SSSR count). The fraction of sp³-hybridized carbons (Fsp3) is 0.263. The number of ether oxygens (including phenoxy) is 2. The van der Waals surface area contributed by atoms with Gasteiger partial charge in [-0.15, -0.1) is 13.2 Å². The summed E-state index contributed by atoms with van der Waals surface area (Å²) in [6.07, 6.45) is 5.85. The molecule has 0 spiro atoms. The third kappa shape index (κ3) is 6.25. The molecule has 4 N–H and O–H groups in total. The third-order valence-corrected chi connectivity index (χ3v) is 8.92. The summed E-state index contributed by atoms with van der Waals surface area (Å²) in [5, 5.41) is 42.0. The summed E-state index contributed by atoms with van der Waals surface area (Å²) in [7, 11) is 3.04. The second-order valence-electron chi connectivity index (χ2n) is 11.6. The fourth-order valence-corrected chi connectivity index (χ4v) is 5.95. The van der Waals surface area contributed by atoms with Gasteiger partial charge in [0.1, 0.15) is 11.5 Å². The van der Waals surface area contributed by atoms with E-state index in [1.807, 2.05) is 48.5 Å². The Morgan fingerprint density at radius 3 is 1.18 bits per heavy atom. The van der Waals surface area contributed by atoms with E-state index in [9.17, 15) is 20.4 Å². The topological polar surface area (TPSA) is 99.4 Å². The van der Waals surface area contributed by atoms with Crippen molar-refractivity contribution in [3.8, 4) is 34.5 Å². The molecule has 0 aromatic heterocycles. The highest BCUT2D eigenvalue weighted by Gasteiger charge is 2.37. The van der Waals surface area contributed by atoms with Crippen molar-refractivity contribution in [2.45, 2.75) is 50.4 Å². The Bertz CT molecular complexity index is 1540. The SMILES string of the molecule is C=CCc1cc(C(C)(CCC(C)(c2ccc(O)c(OC)c2)c2ccc(O)c(OC)c2)c2ccc(O)c(CC=C)c2)ccc1O. The Morgan fingerprint density at radius 1 is 0.545 bits per heavy atom. The van der Waals surface area contributed by atoms with Crippen LogP contribution < -0.4 is 9.47 Å². The molecular weight excluding hydrogens is 552 g/mol. The summed E-state index contributed by atoms with van der Waals surface area (Å²) >= 11 is 0. The van der Waals surface area contributed by atoms with Crippen molar-refractivity contribution in [3.05, 3.63) is 131 Å². The van der Waals surface area contributed by atoms with Crippen molar-refractivity contribution in [2.24, 2.45) is 0 Å². The van der Waals surface area contributed by atoms with E-state index in [0.717, 1.165) is 33.4 Å². The second-order valence-corrected chi connectivity index (χ2v) is 11.6. The number of rotatable bonds is 13. The Kier molecular flexibility index (Phi) is 9.63. The molecule has 0 atom stereocenters. The average Bonchev–Trinajstić information content (AvgIpc) is 3.02. The van der Waals surface area contributed by atoms with Crippen LogP contribution in [0.15, 0.2) is 98.1 Å². The van der Waals surface area contributed by atoms with E-state index in [4.69, 9.17) is 9.47 Å². The lowest BCUT2D eigenvalue weighted by molar-refractivity contribution is 0.365. The van der Waals surface area contributed by atoms with E-state index >= 15 is 0 Å². The zero-order valence-electron chi connectivity index (χ0n) is 25.9. The molecule has 0 heterocycles. The van der Waals surface area contributed by atoms with E-state index < -0.39 is 10.8 Å². The first-order chi connectivity index (χ1) is 21.0. The molecule has 4 aromatic carbocycles. The maximum absolute atomic E-state index is 10.6. The molecule has 0 bridgehead atoms. The van der Waals surface area contributed by atoms with Gasteiger partial charge in [0.15, 0.2) is 23.0 Å². The highest BCUT2D eigenvalue weighted by atomic mass is 16.5. The maximum Gasteiger partial charge on any atom is 0.160 e. The van der Waals surface area contributed by atoms with Crippen LogP contribution in [0.4, 0.5) is 0 Å². The van der Waals surface area contributed by atoms with Crippen LogP contribution in [0.3, 0.4) is 0 Å². The van der Waals surface area contributed by atoms with Gasteiger partial charge in [-0.3, -0.25) is 0 Å². The number of aromatic hydroxyl groups is 4. The summed E-state index contributed by atoms with van der Waals surface area (Å²) in [6.45, 7) is 12.0. The molecule has 0 aliphatic carbocycles. The van der Waals surface area contributed by atoms with Crippen molar-refractivity contribution in [1.82, 2.24) is 0 Å². The first-order valence-electron chi connectivity index (χ1n) is 14.6. The van der Waals surface area contributed by atoms with Crippen molar-refractivity contribution in [1.29, 1.82) is 0 Å². The standard InChI is InChI=1S/C38H42O6/c1-7-9-25-21-27(11-15-31(25)39)37(3,28-12-16-32(40)26(22-28)10-8-2)19-20-38(4,29-13-17-33(41)35(23-29)43-5)30-14-18-34(42)36(24-30)44-6/h7-8,11-18,21-24,39-42H,1-2,9-10,19-20H2,3-6H3. The normalized spacial score (nSPS) is 11.6. The molecule has 0 radical (unpaired) electrons. The van der Waals surface area contributed by atoms with Gasteiger partial charge in [0, 0.05) is 10.8 Å². The second kappa shape index (κ2) is 13.2. The Labute approximate surface area is 260 Å². The van der Waals surface area contributed by atoms with Crippen LogP contribution in [0.25, 0.3) is 0 Å². The predicted octanol–water partition coefficient (Wildman–Crippen LogP) is 8.08. The van der Waals surface area contributed by atoms with Gasteiger partial charge in [-0.05, 0) is 95.5 Å². The molecule has 6 heteroatoms. The highest BCUT2D eigenvalue weighted by molar-refractivity contribution is 5.53. The molecule has 0 unspecified atom stereocenters. The summed E-state index contributed by atoms with van der Waals surface area (Å²) in [5.41, 5.74) is 4.23. The van der Waals surface area contributed by atoms with E-state index in [2.05, 4.69) is 27.0 Å². The third-order valence-electron chi connectivity index (χ3n) is 8.92. The molecule has 0 amide bonds. The maximum atomic E-state index is 10.6. The molecule has 0 saturated carbocycles. The number of allylic oxidation sites excluding steroid dienone is 2. The van der Waals surface area contributed by atoms with Crippen LogP contribution in [0.2, 0.25) is 0 Å². The fourth-order valence-electron chi connectivity index (χ4n) is 5.95. The van der Waals surface area contributed by atoms with Gasteiger partial charge in [-0.25, -0.2) is 0 Å². The quantitative estimate of drug-likeness (QED) is 0.117.